The lowest BCUT2D eigenvalue weighted by Crippen LogP contribution is -2.58. The van der Waals surface area contributed by atoms with E-state index in [0.717, 1.165) is 26.1 Å². The number of likely N-dealkylation sites (tertiary alicyclic amines) is 1. The van der Waals surface area contributed by atoms with Gasteiger partial charge < -0.3 is 14.7 Å². The van der Waals surface area contributed by atoms with Gasteiger partial charge in [-0.2, -0.15) is 0 Å². The molecular weight excluding hydrogens is 388 g/mol. The van der Waals surface area contributed by atoms with Crippen LogP contribution in [0.5, 0.6) is 0 Å². The molecule has 2 saturated heterocycles. The zero-order chi connectivity index (χ0) is 18.0. The molecular formula is C18H23BrN2O4. The molecule has 2 fully saturated rings. The van der Waals surface area contributed by atoms with Gasteiger partial charge in [0.15, 0.2) is 6.04 Å². The highest BCUT2D eigenvalue weighted by molar-refractivity contribution is 9.10. The Kier molecular flexibility index (Phi) is 5.46. The van der Waals surface area contributed by atoms with Gasteiger partial charge in [-0.3, -0.25) is 9.69 Å². The number of amides is 1. The minimum Gasteiger partial charge on any atom is -0.480 e. The molecule has 0 aromatic heterocycles. The monoisotopic (exact) mass is 410 g/mol. The van der Waals surface area contributed by atoms with Crippen LogP contribution < -0.4 is 0 Å². The molecule has 2 aliphatic rings. The van der Waals surface area contributed by atoms with Gasteiger partial charge in [0.2, 0.25) is 0 Å². The van der Waals surface area contributed by atoms with Crippen molar-refractivity contribution in [2.24, 2.45) is 0 Å². The van der Waals surface area contributed by atoms with E-state index in [-0.39, 0.29) is 12.5 Å². The molecule has 0 bridgehead atoms. The fraction of sp³-hybridized carbons (Fsp3) is 0.556. The number of carboxylic acid groups (broad SMARTS) is 1. The quantitative estimate of drug-likeness (QED) is 0.825. The van der Waals surface area contributed by atoms with Crippen LogP contribution in [0.15, 0.2) is 28.7 Å². The van der Waals surface area contributed by atoms with E-state index in [0.29, 0.717) is 22.9 Å². The van der Waals surface area contributed by atoms with Crippen LogP contribution in [-0.2, 0) is 9.53 Å². The molecule has 1 spiro atoms. The zero-order valence-corrected chi connectivity index (χ0v) is 15.9. The molecule has 1 amide bonds. The van der Waals surface area contributed by atoms with Crippen molar-refractivity contribution in [1.29, 1.82) is 0 Å². The Balaban J connectivity index is 1.90. The molecule has 136 valence electrons. The lowest BCUT2D eigenvalue weighted by molar-refractivity contribution is -0.143. The molecule has 6 nitrogen and oxygen atoms in total. The third-order valence-electron chi connectivity index (χ3n) is 5.05. The van der Waals surface area contributed by atoms with E-state index in [1.165, 1.54) is 4.90 Å². The van der Waals surface area contributed by atoms with Crippen LogP contribution in [0.4, 0.5) is 0 Å². The summed E-state index contributed by atoms with van der Waals surface area (Å²) in [6, 6.07) is 6.16. The first-order valence-electron chi connectivity index (χ1n) is 8.66. The molecule has 2 aliphatic heterocycles. The normalized spacial score (nSPS) is 23.1. The Bertz CT molecular complexity index is 658. The van der Waals surface area contributed by atoms with Crippen molar-refractivity contribution in [2.45, 2.75) is 38.0 Å². The first kappa shape index (κ1) is 18.4. The van der Waals surface area contributed by atoms with Crippen LogP contribution in [0, 0.1) is 0 Å². The maximum absolute atomic E-state index is 13.2. The molecule has 3 rings (SSSR count). The highest BCUT2D eigenvalue weighted by atomic mass is 79.9. The summed E-state index contributed by atoms with van der Waals surface area (Å²) in [6.45, 7) is 4.80. The summed E-state index contributed by atoms with van der Waals surface area (Å²) in [6.07, 6.45) is 2.34. The van der Waals surface area contributed by atoms with Crippen molar-refractivity contribution >= 4 is 27.8 Å². The van der Waals surface area contributed by atoms with E-state index >= 15 is 0 Å². The van der Waals surface area contributed by atoms with Crippen molar-refractivity contribution < 1.29 is 19.4 Å². The van der Waals surface area contributed by atoms with Crippen LogP contribution in [0.2, 0.25) is 0 Å². The molecule has 0 saturated carbocycles. The maximum Gasteiger partial charge on any atom is 0.328 e. The molecule has 0 radical (unpaired) electrons. The van der Waals surface area contributed by atoms with Crippen molar-refractivity contribution in [3.63, 3.8) is 0 Å². The van der Waals surface area contributed by atoms with Crippen molar-refractivity contribution in [3.05, 3.63) is 34.3 Å². The Hall–Kier alpha value is -1.44. The van der Waals surface area contributed by atoms with E-state index in [1.807, 2.05) is 6.07 Å². The summed E-state index contributed by atoms with van der Waals surface area (Å²) in [4.78, 5) is 28.7. The number of hydrogen-bond acceptors (Lipinski definition) is 4. The fourth-order valence-electron chi connectivity index (χ4n) is 3.76. The average Bonchev–Trinajstić information content (AvgIpc) is 2.96. The number of carbonyl (C=O) groups is 2. The Morgan fingerprint density at radius 2 is 2.00 bits per heavy atom. The second-order valence-electron chi connectivity index (χ2n) is 6.61. The predicted octanol–water partition coefficient (Wildman–Crippen LogP) is 2.58. The highest BCUT2D eigenvalue weighted by Crippen LogP contribution is 2.39. The van der Waals surface area contributed by atoms with Gasteiger partial charge in [0.1, 0.15) is 5.72 Å². The van der Waals surface area contributed by atoms with Gasteiger partial charge in [0.05, 0.1) is 12.2 Å². The highest BCUT2D eigenvalue weighted by Gasteiger charge is 2.54. The maximum atomic E-state index is 13.2. The first-order valence-corrected chi connectivity index (χ1v) is 9.45. The van der Waals surface area contributed by atoms with Gasteiger partial charge in [-0.25, -0.2) is 4.79 Å². The predicted molar refractivity (Wildman–Crippen MR) is 96.4 cm³/mol. The SMILES string of the molecule is CCCN1CCC2(CC1)OC[C@@H](C(=O)O)N2C(=O)c1ccccc1Br. The van der Waals surface area contributed by atoms with Crippen LogP contribution >= 0.6 is 15.9 Å². The number of piperidine rings is 1. The summed E-state index contributed by atoms with van der Waals surface area (Å²) < 4.78 is 6.62. The van der Waals surface area contributed by atoms with Gasteiger partial charge in [-0.05, 0) is 41.0 Å². The lowest BCUT2D eigenvalue weighted by Gasteiger charge is -2.44. The summed E-state index contributed by atoms with van der Waals surface area (Å²) in [5, 5.41) is 9.60. The number of carboxylic acids is 1. The van der Waals surface area contributed by atoms with Gasteiger partial charge in [-0.1, -0.05) is 19.1 Å². The average molecular weight is 411 g/mol. The van der Waals surface area contributed by atoms with E-state index in [1.54, 1.807) is 18.2 Å². The molecule has 0 aliphatic carbocycles. The number of rotatable bonds is 4. The van der Waals surface area contributed by atoms with Crippen molar-refractivity contribution in [2.75, 3.05) is 26.2 Å². The minimum absolute atomic E-state index is 0.0410. The van der Waals surface area contributed by atoms with Crippen LogP contribution in [-0.4, -0.2) is 64.8 Å². The number of benzene rings is 1. The van der Waals surface area contributed by atoms with E-state index in [4.69, 9.17) is 4.74 Å². The van der Waals surface area contributed by atoms with Gasteiger partial charge in [0, 0.05) is 30.4 Å². The van der Waals surface area contributed by atoms with E-state index in [2.05, 4.69) is 27.8 Å². The van der Waals surface area contributed by atoms with E-state index < -0.39 is 17.7 Å². The topological polar surface area (TPSA) is 70.1 Å². The summed E-state index contributed by atoms with van der Waals surface area (Å²) in [7, 11) is 0. The van der Waals surface area contributed by atoms with Gasteiger partial charge in [-0.15, -0.1) is 0 Å². The number of nitrogens with zero attached hydrogens (tertiary/aromatic N) is 2. The number of aliphatic carboxylic acids is 1. The molecule has 0 unspecified atom stereocenters. The molecule has 1 atom stereocenters. The van der Waals surface area contributed by atoms with Gasteiger partial charge in [0.25, 0.3) is 5.91 Å². The van der Waals surface area contributed by atoms with Crippen LogP contribution in [0.3, 0.4) is 0 Å². The number of ether oxygens (including phenoxy) is 1. The number of hydrogen-bond donors (Lipinski definition) is 1. The minimum atomic E-state index is -1.02. The molecule has 1 aromatic carbocycles. The second kappa shape index (κ2) is 7.43. The zero-order valence-electron chi connectivity index (χ0n) is 14.3. The Morgan fingerprint density at radius 1 is 1.32 bits per heavy atom. The summed E-state index contributed by atoms with van der Waals surface area (Å²) in [5.74, 6) is -1.31. The third kappa shape index (κ3) is 3.45. The lowest BCUT2D eigenvalue weighted by atomic mass is 9.96. The standard InChI is InChI=1S/C18H23BrN2O4/c1-2-9-20-10-7-18(8-11-20)21(15(12-25-18)17(23)24)16(22)13-5-3-4-6-14(13)19/h3-6,15H,2,7-12H2,1H3,(H,23,24)/t15-/m0/s1. The van der Waals surface area contributed by atoms with Crippen LogP contribution in [0.25, 0.3) is 0 Å². The molecule has 1 N–H and O–H groups in total. The van der Waals surface area contributed by atoms with Crippen LogP contribution in [0.1, 0.15) is 36.5 Å². The third-order valence-corrected chi connectivity index (χ3v) is 5.74. The Morgan fingerprint density at radius 3 is 2.60 bits per heavy atom. The summed E-state index contributed by atoms with van der Waals surface area (Å²) >= 11 is 3.40. The van der Waals surface area contributed by atoms with Crippen molar-refractivity contribution in [3.8, 4) is 0 Å². The number of halogens is 1. The summed E-state index contributed by atoms with van der Waals surface area (Å²) in [5.41, 5.74) is -0.353. The first-order chi connectivity index (χ1) is 12.0. The van der Waals surface area contributed by atoms with Gasteiger partial charge >= 0.3 is 5.97 Å². The Labute approximate surface area is 155 Å². The molecule has 1 aromatic rings. The molecule has 7 heteroatoms. The van der Waals surface area contributed by atoms with E-state index in [9.17, 15) is 14.7 Å². The molecule has 25 heavy (non-hydrogen) atoms. The fourth-order valence-corrected chi connectivity index (χ4v) is 4.22. The largest absolute Gasteiger partial charge is 0.480 e. The number of carbonyl (C=O) groups excluding carboxylic acids is 1. The second-order valence-corrected chi connectivity index (χ2v) is 7.46. The van der Waals surface area contributed by atoms with Crippen molar-refractivity contribution in [1.82, 2.24) is 9.80 Å². The smallest absolute Gasteiger partial charge is 0.328 e. The molecule has 2 heterocycles.